The fourth-order valence-electron chi connectivity index (χ4n) is 0.238. The molecular formula is C4H10ClNaO. The number of aliphatic hydroxyl groups excluding tert-OH is 1. The summed E-state index contributed by atoms with van der Waals surface area (Å²) in [6, 6.07) is 0. The van der Waals surface area contributed by atoms with Crippen molar-refractivity contribution in [3.05, 3.63) is 0 Å². The Bertz CT molecular complexity index is 37.2. The van der Waals surface area contributed by atoms with Crippen molar-refractivity contribution in [1.82, 2.24) is 0 Å². The summed E-state index contributed by atoms with van der Waals surface area (Å²) >= 11 is 5.13. The molecule has 0 spiro atoms. The van der Waals surface area contributed by atoms with Gasteiger partial charge in [0, 0.05) is 0 Å². The Morgan fingerprint density at radius 2 is 2.29 bits per heavy atom. The van der Waals surface area contributed by atoms with Crippen LogP contribution in [0.25, 0.3) is 0 Å². The van der Waals surface area contributed by atoms with Gasteiger partial charge in [-0.15, -0.1) is 0 Å². The molecule has 0 aliphatic carbocycles. The van der Waals surface area contributed by atoms with E-state index in [1.165, 1.54) is 0 Å². The minimum Gasteiger partial charge on any atom is -1.00 e. The van der Waals surface area contributed by atoms with Crippen LogP contribution in [0.5, 0.6) is 0 Å². The second kappa shape index (κ2) is 7.25. The third-order valence-electron chi connectivity index (χ3n) is 0.527. The van der Waals surface area contributed by atoms with Gasteiger partial charge in [0.15, 0.2) is 0 Å². The molecule has 0 aromatic carbocycles. The van der Waals surface area contributed by atoms with E-state index in [9.17, 15) is 0 Å². The maximum absolute atomic E-state index is 8.32. The van der Waals surface area contributed by atoms with E-state index in [-0.39, 0.29) is 31.0 Å². The molecule has 7 heavy (non-hydrogen) atoms. The molecule has 0 aromatic heterocycles. The third kappa shape index (κ3) is 11.1. The average Bonchev–Trinajstić information content (AvgIpc) is 1.35. The molecule has 0 radical (unpaired) electrons. The molecule has 0 saturated carbocycles. The maximum Gasteiger partial charge on any atom is 1.00 e. The molecule has 3 heteroatoms. The van der Waals surface area contributed by atoms with E-state index in [1.807, 2.05) is 6.92 Å². The smallest absolute Gasteiger partial charge is 1.00 e. The van der Waals surface area contributed by atoms with Gasteiger partial charge in [0.05, 0.1) is 0 Å². The van der Waals surface area contributed by atoms with Gasteiger partial charge in [0.25, 0.3) is 0 Å². The minimum absolute atomic E-state index is 0. The van der Waals surface area contributed by atoms with Gasteiger partial charge in [-0.2, -0.15) is 0 Å². The zero-order chi connectivity index (χ0) is 4.99. The molecule has 1 nitrogen and oxygen atoms in total. The van der Waals surface area contributed by atoms with Gasteiger partial charge < -0.3 is 6.53 Å². The van der Waals surface area contributed by atoms with Crippen LogP contribution in [-0.4, -0.2) is 10.7 Å². The summed E-state index contributed by atoms with van der Waals surface area (Å²) in [5.41, 5.74) is -0.630. The van der Waals surface area contributed by atoms with Gasteiger partial charge in [0.2, 0.25) is 0 Å². The van der Waals surface area contributed by atoms with Crippen molar-refractivity contribution in [1.29, 1.82) is 0 Å². The topological polar surface area (TPSA) is 20.2 Å². The molecule has 0 rings (SSSR count). The summed E-state index contributed by atoms with van der Waals surface area (Å²) < 4.78 is 0. The summed E-state index contributed by atoms with van der Waals surface area (Å²) in [6.45, 7) is 1.98. The number of hydrogen-bond acceptors (Lipinski definition) is 1. The Kier molecular flexibility index (Phi) is 11.5. The van der Waals surface area contributed by atoms with Crippen LogP contribution in [0.2, 0.25) is 0 Å². The van der Waals surface area contributed by atoms with E-state index >= 15 is 0 Å². The normalized spacial score (nSPS) is 12.4. The molecule has 1 N–H and O–H groups in total. The van der Waals surface area contributed by atoms with Gasteiger partial charge in [-0.3, -0.25) is 0 Å². The first-order valence-electron chi connectivity index (χ1n) is 2.09. The Labute approximate surface area is 72.8 Å². The van der Waals surface area contributed by atoms with Crippen LogP contribution in [0.4, 0.5) is 0 Å². The largest absolute Gasteiger partial charge is 1.00 e. The zero-order valence-electron chi connectivity index (χ0n) is 5.82. The van der Waals surface area contributed by atoms with Crippen LogP contribution in [0, 0.1) is 0 Å². The van der Waals surface area contributed by atoms with E-state index in [1.54, 1.807) is 0 Å². The van der Waals surface area contributed by atoms with E-state index in [0.717, 1.165) is 6.42 Å². The summed E-state index contributed by atoms with van der Waals surface area (Å²) in [7, 11) is 0. The third-order valence-corrected chi connectivity index (χ3v) is 0.745. The van der Waals surface area contributed by atoms with Crippen molar-refractivity contribution < 1.29 is 36.1 Å². The first kappa shape index (κ1) is 11.1. The molecule has 40 valence electrons. The fraction of sp³-hybridized carbons (Fsp3) is 1.00. The van der Waals surface area contributed by atoms with E-state index < -0.39 is 5.56 Å². The molecular weight excluding hydrogens is 122 g/mol. The van der Waals surface area contributed by atoms with Gasteiger partial charge in [-0.1, -0.05) is 24.9 Å². The van der Waals surface area contributed by atoms with Gasteiger partial charge >= 0.3 is 29.6 Å². The second-order valence-corrected chi connectivity index (χ2v) is 1.73. The van der Waals surface area contributed by atoms with Crippen LogP contribution in [0.15, 0.2) is 0 Å². The predicted octanol–water partition coefficient (Wildman–Crippen LogP) is -1.54. The number of halogens is 1. The van der Waals surface area contributed by atoms with Crippen LogP contribution < -0.4 is 29.6 Å². The Balaban J connectivity index is -0.000000125. The maximum atomic E-state index is 8.32. The van der Waals surface area contributed by atoms with E-state index in [4.69, 9.17) is 16.7 Å². The molecule has 0 heterocycles. The Morgan fingerprint density at radius 3 is 2.29 bits per heavy atom. The van der Waals surface area contributed by atoms with Gasteiger partial charge in [-0.25, -0.2) is 0 Å². The van der Waals surface area contributed by atoms with Crippen molar-refractivity contribution in [3.63, 3.8) is 0 Å². The van der Waals surface area contributed by atoms with Crippen LogP contribution in [0.1, 0.15) is 21.2 Å². The number of aliphatic hydroxyl groups is 1. The molecule has 0 aliphatic rings. The van der Waals surface area contributed by atoms with Gasteiger partial charge in [0.1, 0.15) is 5.56 Å². The quantitative estimate of drug-likeness (QED) is 0.357. The summed E-state index contributed by atoms with van der Waals surface area (Å²) in [4.78, 5) is 0. The van der Waals surface area contributed by atoms with Crippen molar-refractivity contribution in [2.75, 3.05) is 0 Å². The monoisotopic (exact) mass is 132 g/mol. The predicted molar refractivity (Wildman–Crippen MR) is 27.9 cm³/mol. The van der Waals surface area contributed by atoms with E-state index in [2.05, 4.69) is 0 Å². The number of hydrogen-bond donors (Lipinski definition) is 1. The molecule has 0 saturated heterocycles. The van der Waals surface area contributed by atoms with Crippen molar-refractivity contribution in [2.45, 2.75) is 25.3 Å². The molecule has 1 atom stereocenters. The van der Waals surface area contributed by atoms with Gasteiger partial charge in [-0.05, 0) is 6.42 Å². The molecule has 0 bridgehead atoms. The zero-order valence-corrected chi connectivity index (χ0v) is 7.57. The fourth-order valence-corrected chi connectivity index (χ4v) is 0.456. The first-order valence-corrected chi connectivity index (χ1v) is 2.53. The number of rotatable bonds is 2. The summed E-state index contributed by atoms with van der Waals surface area (Å²) in [5, 5.41) is 8.32. The minimum atomic E-state index is -0.630. The number of alkyl halides is 1. The van der Waals surface area contributed by atoms with Crippen molar-refractivity contribution in [3.8, 4) is 0 Å². The van der Waals surface area contributed by atoms with Crippen molar-refractivity contribution >= 4 is 11.6 Å². The average molecular weight is 133 g/mol. The first-order chi connectivity index (χ1) is 2.77. The molecule has 0 amide bonds. The van der Waals surface area contributed by atoms with Crippen LogP contribution in [-0.2, 0) is 0 Å². The van der Waals surface area contributed by atoms with E-state index in [0.29, 0.717) is 6.42 Å². The Morgan fingerprint density at radius 1 is 1.86 bits per heavy atom. The summed E-state index contributed by atoms with van der Waals surface area (Å²) in [5.74, 6) is 0. The van der Waals surface area contributed by atoms with Crippen LogP contribution in [0.3, 0.4) is 0 Å². The Hall–Kier alpha value is 1.25. The molecule has 0 fully saturated rings. The van der Waals surface area contributed by atoms with Crippen LogP contribution >= 0.6 is 11.6 Å². The molecule has 1 unspecified atom stereocenters. The standard InChI is InChI=1S/C4H9ClO.Na.H/c1-2-3-4(5)6;;/h4,6H,2-3H2,1H3;;/q;+1;-1. The molecule has 0 aromatic rings. The SMILES string of the molecule is CCCC(O)Cl.[H-].[Na+]. The second-order valence-electron chi connectivity index (χ2n) is 1.22. The summed E-state index contributed by atoms with van der Waals surface area (Å²) in [6.07, 6.45) is 1.65. The van der Waals surface area contributed by atoms with Crippen molar-refractivity contribution in [2.24, 2.45) is 0 Å². The molecule has 0 aliphatic heterocycles.